The minimum atomic E-state index is 0.298. The topological polar surface area (TPSA) is 55.0 Å². The van der Waals surface area contributed by atoms with Crippen LogP contribution in [0.5, 0.6) is 0 Å². The van der Waals surface area contributed by atoms with E-state index in [2.05, 4.69) is 51.3 Å². The van der Waals surface area contributed by atoms with Crippen molar-refractivity contribution in [3.8, 4) is 0 Å². The molecule has 1 aliphatic rings. The van der Waals surface area contributed by atoms with Gasteiger partial charge in [-0.15, -0.1) is 0 Å². The van der Waals surface area contributed by atoms with Crippen LogP contribution >= 0.6 is 11.6 Å². The molecule has 0 aliphatic heterocycles. The minimum absolute atomic E-state index is 0.298. The van der Waals surface area contributed by atoms with Crippen LogP contribution in [0.2, 0.25) is 5.02 Å². The Morgan fingerprint density at radius 2 is 1.72 bits per heavy atom. The van der Waals surface area contributed by atoms with E-state index in [0.29, 0.717) is 17.1 Å². The largest absolute Gasteiger partial charge is 0.336 e. The first-order valence-corrected chi connectivity index (χ1v) is 10.5. The summed E-state index contributed by atoms with van der Waals surface area (Å²) in [6.45, 7) is 0. The van der Waals surface area contributed by atoms with E-state index in [-0.39, 0.29) is 0 Å². The molecule has 0 radical (unpaired) electrons. The SMILES string of the molecule is NC1CCC(N(c2cncc3ccccc23)c2ccnc3cc(Cl)ccc23)CC1. The Balaban J connectivity index is 1.73. The fourth-order valence-electron chi connectivity index (χ4n) is 4.49. The first kappa shape index (κ1) is 18.3. The molecule has 146 valence electrons. The van der Waals surface area contributed by atoms with Gasteiger partial charge in [0.05, 0.1) is 23.1 Å². The molecule has 0 bridgehead atoms. The molecule has 0 unspecified atom stereocenters. The van der Waals surface area contributed by atoms with Gasteiger partial charge >= 0.3 is 0 Å². The monoisotopic (exact) mass is 402 g/mol. The molecule has 4 aromatic rings. The Bertz CT molecular complexity index is 1160. The highest BCUT2D eigenvalue weighted by Crippen LogP contribution is 2.40. The van der Waals surface area contributed by atoms with Gasteiger partial charge in [-0.05, 0) is 49.9 Å². The molecule has 29 heavy (non-hydrogen) atoms. The molecule has 0 spiro atoms. The summed E-state index contributed by atoms with van der Waals surface area (Å²) in [6.07, 6.45) is 9.97. The summed E-state index contributed by atoms with van der Waals surface area (Å²) >= 11 is 6.23. The van der Waals surface area contributed by atoms with Crippen LogP contribution in [-0.4, -0.2) is 22.1 Å². The van der Waals surface area contributed by atoms with Crippen molar-refractivity contribution >= 4 is 44.7 Å². The molecular formula is C24H23ClN4. The fraction of sp³-hybridized carbons (Fsp3) is 0.250. The summed E-state index contributed by atoms with van der Waals surface area (Å²) in [7, 11) is 0. The quantitative estimate of drug-likeness (QED) is 0.467. The molecule has 2 N–H and O–H groups in total. The maximum absolute atomic E-state index is 6.23. The second kappa shape index (κ2) is 7.62. The smallest absolute Gasteiger partial charge is 0.0737 e. The summed E-state index contributed by atoms with van der Waals surface area (Å²) in [6, 6.07) is 17.1. The van der Waals surface area contributed by atoms with Crippen molar-refractivity contribution in [2.75, 3.05) is 4.90 Å². The number of halogens is 1. The number of pyridine rings is 2. The normalized spacial score (nSPS) is 19.5. The van der Waals surface area contributed by atoms with Gasteiger partial charge in [0.1, 0.15) is 0 Å². The van der Waals surface area contributed by atoms with Gasteiger partial charge in [0, 0.05) is 45.7 Å². The van der Waals surface area contributed by atoms with Crippen molar-refractivity contribution in [2.45, 2.75) is 37.8 Å². The van der Waals surface area contributed by atoms with Crippen LogP contribution in [0.3, 0.4) is 0 Å². The molecule has 5 rings (SSSR count). The first-order chi connectivity index (χ1) is 14.2. The van der Waals surface area contributed by atoms with E-state index in [1.807, 2.05) is 30.7 Å². The van der Waals surface area contributed by atoms with Gasteiger partial charge in [-0.1, -0.05) is 35.9 Å². The van der Waals surface area contributed by atoms with Crippen molar-refractivity contribution in [3.63, 3.8) is 0 Å². The number of aromatic nitrogens is 2. The lowest BCUT2D eigenvalue weighted by Crippen LogP contribution is -2.38. The maximum Gasteiger partial charge on any atom is 0.0737 e. The van der Waals surface area contributed by atoms with E-state index in [4.69, 9.17) is 17.3 Å². The van der Waals surface area contributed by atoms with E-state index >= 15 is 0 Å². The molecule has 5 heteroatoms. The first-order valence-electron chi connectivity index (χ1n) is 10.1. The lowest BCUT2D eigenvalue weighted by Gasteiger charge is -2.38. The highest BCUT2D eigenvalue weighted by molar-refractivity contribution is 6.31. The Hall–Kier alpha value is -2.69. The number of rotatable bonds is 3. The number of hydrogen-bond acceptors (Lipinski definition) is 4. The molecule has 1 fully saturated rings. The van der Waals surface area contributed by atoms with Gasteiger partial charge in [-0.3, -0.25) is 9.97 Å². The summed E-state index contributed by atoms with van der Waals surface area (Å²) in [5, 5.41) is 4.14. The highest BCUT2D eigenvalue weighted by atomic mass is 35.5. The number of nitrogens with zero attached hydrogens (tertiary/aromatic N) is 3. The van der Waals surface area contributed by atoms with Crippen molar-refractivity contribution in [1.29, 1.82) is 0 Å². The van der Waals surface area contributed by atoms with Crippen LogP contribution in [0.1, 0.15) is 25.7 Å². The average molecular weight is 403 g/mol. The second-order valence-corrected chi connectivity index (χ2v) is 8.25. The zero-order valence-electron chi connectivity index (χ0n) is 16.1. The zero-order valence-corrected chi connectivity index (χ0v) is 16.9. The third kappa shape index (κ3) is 3.43. The zero-order chi connectivity index (χ0) is 19.8. The van der Waals surface area contributed by atoms with E-state index in [1.54, 1.807) is 0 Å². The predicted molar refractivity (Wildman–Crippen MR) is 121 cm³/mol. The molecule has 2 aromatic carbocycles. The van der Waals surface area contributed by atoms with Gasteiger partial charge < -0.3 is 10.6 Å². The highest BCUT2D eigenvalue weighted by Gasteiger charge is 2.28. The number of anilines is 2. The van der Waals surface area contributed by atoms with E-state index in [0.717, 1.165) is 53.3 Å². The molecule has 2 heterocycles. The summed E-state index contributed by atoms with van der Waals surface area (Å²) in [5.74, 6) is 0. The average Bonchev–Trinajstić information content (AvgIpc) is 2.75. The van der Waals surface area contributed by atoms with Gasteiger partial charge in [0.25, 0.3) is 0 Å². The molecule has 1 aliphatic carbocycles. The van der Waals surface area contributed by atoms with Gasteiger partial charge in [-0.25, -0.2) is 0 Å². The molecule has 2 aromatic heterocycles. The van der Waals surface area contributed by atoms with Crippen molar-refractivity contribution < 1.29 is 0 Å². The van der Waals surface area contributed by atoms with E-state index in [9.17, 15) is 0 Å². The van der Waals surface area contributed by atoms with Crippen molar-refractivity contribution in [1.82, 2.24) is 9.97 Å². The summed E-state index contributed by atoms with van der Waals surface area (Å²) in [4.78, 5) is 11.6. The molecule has 0 amide bonds. The third-order valence-electron chi connectivity index (χ3n) is 5.95. The predicted octanol–water partition coefficient (Wildman–Crippen LogP) is 5.84. The van der Waals surface area contributed by atoms with E-state index < -0.39 is 0 Å². The van der Waals surface area contributed by atoms with E-state index in [1.165, 1.54) is 5.39 Å². The standard InChI is InChI=1S/C24H23ClN4/c25-17-5-10-21-22(13-17)28-12-11-23(21)29(19-8-6-18(26)7-9-19)24-15-27-14-16-3-1-2-4-20(16)24/h1-5,10-15,18-19H,6-9,26H2. The third-order valence-corrected chi connectivity index (χ3v) is 6.19. The van der Waals surface area contributed by atoms with Crippen LogP contribution in [0.25, 0.3) is 21.7 Å². The van der Waals surface area contributed by atoms with Crippen LogP contribution in [0, 0.1) is 0 Å². The second-order valence-electron chi connectivity index (χ2n) is 7.81. The maximum atomic E-state index is 6.23. The van der Waals surface area contributed by atoms with Crippen molar-refractivity contribution in [3.05, 3.63) is 72.1 Å². The van der Waals surface area contributed by atoms with Gasteiger partial charge in [0.15, 0.2) is 0 Å². The van der Waals surface area contributed by atoms with Crippen LogP contribution < -0.4 is 10.6 Å². The Kier molecular flexibility index (Phi) is 4.82. The number of fused-ring (bicyclic) bond motifs is 2. The molecule has 0 saturated heterocycles. The number of benzene rings is 2. The van der Waals surface area contributed by atoms with Crippen molar-refractivity contribution in [2.24, 2.45) is 5.73 Å². The molecule has 0 atom stereocenters. The van der Waals surface area contributed by atoms with Crippen LogP contribution in [-0.2, 0) is 0 Å². The fourth-order valence-corrected chi connectivity index (χ4v) is 4.66. The minimum Gasteiger partial charge on any atom is -0.336 e. The number of nitrogens with two attached hydrogens (primary N) is 1. The molecular weight excluding hydrogens is 380 g/mol. The summed E-state index contributed by atoms with van der Waals surface area (Å²) in [5.41, 5.74) is 9.39. The Morgan fingerprint density at radius 3 is 2.59 bits per heavy atom. The van der Waals surface area contributed by atoms with Gasteiger partial charge in [0.2, 0.25) is 0 Å². The number of hydrogen-bond donors (Lipinski definition) is 1. The molecule has 1 saturated carbocycles. The van der Waals surface area contributed by atoms with Crippen LogP contribution in [0.15, 0.2) is 67.1 Å². The lowest BCUT2D eigenvalue weighted by atomic mass is 9.89. The molecule has 4 nitrogen and oxygen atoms in total. The lowest BCUT2D eigenvalue weighted by molar-refractivity contribution is 0.391. The Morgan fingerprint density at radius 1 is 0.897 bits per heavy atom. The van der Waals surface area contributed by atoms with Crippen LogP contribution in [0.4, 0.5) is 11.4 Å². The summed E-state index contributed by atoms with van der Waals surface area (Å²) < 4.78 is 0. The Labute approximate surface area is 175 Å². The van der Waals surface area contributed by atoms with Gasteiger partial charge in [-0.2, -0.15) is 0 Å².